The van der Waals surface area contributed by atoms with Crippen LogP contribution in [0.25, 0.3) is 0 Å². The molecule has 0 spiro atoms. The summed E-state index contributed by atoms with van der Waals surface area (Å²) in [7, 11) is 3.24. The molecule has 1 heterocycles. The molecule has 2 N–H and O–H groups in total. The molecule has 1 aliphatic rings. The maximum absolute atomic E-state index is 11.8. The van der Waals surface area contributed by atoms with Crippen molar-refractivity contribution >= 4 is 5.91 Å². The number of aromatic amines is 1. The first kappa shape index (κ1) is 16.3. The molecule has 2 atom stereocenters. The van der Waals surface area contributed by atoms with Gasteiger partial charge in [-0.3, -0.25) is 9.36 Å². The highest BCUT2D eigenvalue weighted by Gasteiger charge is 2.27. The summed E-state index contributed by atoms with van der Waals surface area (Å²) >= 11 is 0. The number of nitrogens with zero attached hydrogens (tertiary/aromatic N) is 2. The molecule has 1 fully saturated rings. The molecule has 7 heteroatoms. The summed E-state index contributed by atoms with van der Waals surface area (Å²) in [5.41, 5.74) is -0.211. The number of aromatic nitrogens is 3. The molecule has 0 unspecified atom stereocenters. The van der Waals surface area contributed by atoms with Crippen molar-refractivity contribution in [1.82, 2.24) is 20.1 Å². The highest BCUT2D eigenvalue weighted by atomic mass is 16.5. The van der Waals surface area contributed by atoms with Gasteiger partial charge in [-0.2, -0.15) is 5.10 Å². The minimum atomic E-state index is -0.273. The van der Waals surface area contributed by atoms with Crippen LogP contribution < -0.4 is 11.0 Å². The van der Waals surface area contributed by atoms with E-state index < -0.39 is 0 Å². The smallest absolute Gasteiger partial charge is 0.343 e. The number of methoxy groups -OCH3 is 1. The van der Waals surface area contributed by atoms with Gasteiger partial charge in [-0.05, 0) is 24.7 Å². The molecule has 120 valence electrons. The summed E-state index contributed by atoms with van der Waals surface area (Å²) in [6, 6.07) is 0.0740. The van der Waals surface area contributed by atoms with Crippen molar-refractivity contribution in [3.8, 4) is 11.8 Å². The van der Waals surface area contributed by atoms with Crippen LogP contribution in [0.1, 0.15) is 31.5 Å². The average molecular weight is 306 g/mol. The van der Waals surface area contributed by atoms with Crippen LogP contribution in [0.15, 0.2) is 4.79 Å². The van der Waals surface area contributed by atoms with Crippen molar-refractivity contribution in [3.63, 3.8) is 0 Å². The Hall–Kier alpha value is -2.07. The van der Waals surface area contributed by atoms with Crippen molar-refractivity contribution < 1.29 is 9.53 Å². The van der Waals surface area contributed by atoms with Crippen LogP contribution in [0.3, 0.4) is 0 Å². The van der Waals surface area contributed by atoms with Crippen LogP contribution in [-0.2, 0) is 23.0 Å². The minimum absolute atomic E-state index is 0.0740. The predicted molar refractivity (Wildman–Crippen MR) is 81.1 cm³/mol. The minimum Gasteiger partial charge on any atom is -0.372 e. The van der Waals surface area contributed by atoms with E-state index in [-0.39, 0.29) is 30.2 Å². The molecule has 2 rings (SSSR count). The molecule has 1 aliphatic carbocycles. The van der Waals surface area contributed by atoms with E-state index in [4.69, 9.17) is 4.74 Å². The van der Waals surface area contributed by atoms with Crippen LogP contribution in [0, 0.1) is 17.8 Å². The molecule has 0 aromatic carbocycles. The highest BCUT2D eigenvalue weighted by Crippen LogP contribution is 2.26. The average Bonchev–Trinajstić information content (AvgIpc) is 2.81. The third-order valence-corrected chi connectivity index (χ3v) is 4.06. The van der Waals surface area contributed by atoms with Crippen LogP contribution in [0.5, 0.6) is 0 Å². The normalized spacial score (nSPS) is 21.0. The van der Waals surface area contributed by atoms with E-state index in [9.17, 15) is 9.59 Å². The molecule has 0 radical (unpaired) electrons. The standard InChI is InChI=1S/C15H22N4O3/c1-19-13(17-18-15(19)21)10-11-6-3-4-7-12(11)16-14(20)8-5-9-22-2/h11-12H,3-4,6-7,9-10H2,1-2H3,(H,16,20)(H,18,21)/t11-,12-/m1/s1. The molecule has 22 heavy (non-hydrogen) atoms. The van der Waals surface area contributed by atoms with E-state index in [1.165, 1.54) is 11.7 Å². The van der Waals surface area contributed by atoms with Crippen LogP contribution in [-0.4, -0.2) is 40.4 Å². The number of hydrogen-bond acceptors (Lipinski definition) is 4. The van der Waals surface area contributed by atoms with E-state index in [1.54, 1.807) is 7.05 Å². The quantitative estimate of drug-likeness (QED) is 0.765. The van der Waals surface area contributed by atoms with Gasteiger partial charge in [0.25, 0.3) is 5.91 Å². The monoisotopic (exact) mass is 306 g/mol. The van der Waals surface area contributed by atoms with E-state index in [0.717, 1.165) is 31.5 Å². The molecular weight excluding hydrogens is 284 g/mol. The molecule has 1 amide bonds. The number of ether oxygens (including phenoxy) is 1. The Morgan fingerprint density at radius 1 is 1.50 bits per heavy atom. The fourth-order valence-corrected chi connectivity index (χ4v) is 2.83. The fourth-order valence-electron chi connectivity index (χ4n) is 2.83. The number of nitrogens with one attached hydrogen (secondary N) is 2. The second-order valence-electron chi connectivity index (χ2n) is 5.57. The lowest BCUT2D eigenvalue weighted by Gasteiger charge is -2.31. The van der Waals surface area contributed by atoms with Crippen LogP contribution in [0.2, 0.25) is 0 Å². The summed E-state index contributed by atoms with van der Waals surface area (Å²) in [6.45, 7) is 0.247. The third kappa shape index (κ3) is 4.21. The molecule has 0 saturated heterocycles. The predicted octanol–water partition coefficient (Wildman–Crippen LogP) is -0.0243. The first-order chi connectivity index (χ1) is 10.6. The molecule has 1 aromatic heterocycles. The highest BCUT2D eigenvalue weighted by molar-refractivity contribution is 5.93. The lowest BCUT2D eigenvalue weighted by molar-refractivity contribution is -0.116. The zero-order valence-corrected chi connectivity index (χ0v) is 13.0. The Morgan fingerprint density at radius 2 is 2.27 bits per heavy atom. The van der Waals surface area contributed by atoms with Gasteiger partial charge in [0.2, 0.25) is 0 Å². The van der Waals surface area contributed by atoms with E-state index in [1.807, 2.05) is 0 Å². The van der Waals surface area contributed by atoms with Gasteiger partial charge >= 0.3 is 5.69 Å². The summed E-state index contributed by atoms with van der Waals surface area (Å²) < 4.78 is 6.32. The van der Waals surface area contributed by atoms with Gasteiger partial charge in [0.1, 0.15) is 12.4 Å². The Bertz CT molecular complexity index is 623. The number of rotatable bonds is 4. The second kappa shape index (κ2) is 7.80. The zero-order chi connectivity index (χ0) is 15.9. The van der Waals surface area contributed by atoms with Crippen molar-refractivity contribution in [2.75, 3.05) is 13.7 Å². The Balaban J connectivity index is 1.99. The zero-order valence-electron chi connectivity index (χ0n) is 13.0. The number of H-pyrrole nitrogens is 1. The van der Waals surface area contributed by atoms with E-state index in [0.29, 0.717) is 6.42 Å². The summed E-state index contributed by atoms with van der Waals surface area (Å²) in [6.07, 6.45) is 4.83. The Labute approximate surface area is 129 Å². The van der Waals surface area contributed by atoms with Gasteiger partial charge in [-0.15, -0.1) is 0 Å². The van der Waals surface area contributed by atoms with E-state index >= 15 is 0 Å². The molecule has 1 saturated carbocycles. The molecule has 0 bridgehead atoms. The Morgan fingerprint density at radius 3 is 2.95 bits per heavy atom. The number of carbonyl (C=O) groups is 1. The largest absolute Gasteiger partial charge is 0.372 e. The number of carbonyl (C=O) groups excluding carboxylic acids is 1. The van der Waals surface area contributed by atoms with Crippen molar-refractivity contribution in [2.24, 2.45) is 13.0 Å². The van der Waals surface area contributed by atoms with Crippen LogP contribution >= 0.6 is 0 Å². The van der Waals surface area contributed by atoms with Gasteiger partial charge < -0.3 is 10.1 Å². The van der Waals surface area contributed by atoms with Crippen LogP contribution in [0.4, 0.5) is 0 Å². The van der Waals surface area contributed by atoms with Crippen molar-refractivity contribution in [2.45, 2.75) is 38.1 Å². The molecule has 7 nitrogen and oxygen atoms in total. The topological polar surface area (TPSA) is 89.0 Å². The second-order valence-corrected chi connectivity index (χ2v) is 5.57. The maximum Gasteiger partial charge on any atom is 0.343 e. The molecule has 0 aliphatic heterocycles. The first-order valence-electron chi connectivity index (χ1n) is 7.50. The maximum atomic E-state index is 11.8. The lowest BCUT2D eigenvalue weighted by atomic mass is 9.82. The van der Waals surface area contributed by atoms with Gasteiger partial charge in [0.05, 0.1) is 0 Å². The van der Waals surface area contributed by atoms with Crippen molar-refractivity contribution in [3.05, 3.63) is 16.3 Å². The van der Waals surface area contributed by atoms with Crippen molar-refractivity contribution in [1.29, 1.82) is 0 Å². The van der Waals surface area contributed by atoms with Gasteiger partial charge in [-0.25, -0.2) is 9.89 Å². The van der Waals surface area contributed by atoms with E-state index in [2.05, 4.69) is 27.4 Å². The number of hydrogen-bond donors (Lipinski definition) is 2. The van der Waals surface area contributed by atoms with Gasteiger partial charge in [-0.1, -0.05) is 18.8 Å². The van der Waals surface area contributed by atoms with Gasteiger partial charge in [0, 0.05) is 26.6 Å². The number of amides is 1. The summed E-state index contributed by atoms with van der Waals surface area (Å²) in [4.78, 5) is 23.3. The Kier molecular flexibility index (Phi) is 5.78. The lowest BCUT2D eigenvalue weighted by Crippen LogP contribution is -2.42. The fraction of sp³-hybridized carbons (Fsp3) is 0.667. The summed E-state index contributed by atoms with van der Waals surface area (Å²) in [5, 5.41) is 9.48. The van der Waals surface area contributed by atoms with Gasteiger partial charge in [0.15, 0.2) is 0 Å². The SMILES string of the molecule is COCC#CC(=O)N[C@@H]1CCCC[C@@H]1Cc1n[nH]c(=O)n1C. The molecule has 1 aromatic rings. The molecular formula is C15H22N4O3. The first-order valence-corrected chi connectivity index (χ1v) is 7.50. The third-order valence-electron chi connectivity index (χ3n) is 4.06. The summed E-state index contributed by atoms with van der Waals surface area (Å²) in [5.74, 6) is 5.91.